The highest BCUT2D eigenvalue weighted by atomic mass is 16.2. The number of imide groups is 1. The van der Waals surface area contributed by atoms with Crippen molar-refractivity contribution < 1.29 is 9.59 Å². The number of fused-ring (bicyclic) bond motifs is 1. The lowest BCUT2D eigenvalue weighted by Crippen LogP contribution is -2.36. The van der Waals surface area contributed by atoms with Gasteiger partial charge in [0.05, 0.1) is 0 Å². The van der Waals surface area contributed by atoms with Gasteiger partial charge < -0.3 is 0 Å². The first-order valence-electron chi connectivity index (χ1n) is 7.76. The van der Waals surface area contributed by atoms with Gasteiger partial charge in [0.25, 0.3) is 11.8 Å². The molecule has 1 aliphatic heterocycles. The smallest absolute Gasteiger partial charge is 0.258 e. The van der Waals surface area contributed by atoms with Gasteiger partial charge in [-0.1, -0.05) is 48.5 Å². The van der Waals surface area contributed by atoms with Crippen molar-refractivity contribution in [1.29, 1.82) is 0 Å². The number of nitrogens with zero attached hydrogens (tertiary/aromatic N) is 2. The van der Waals surface area contributed by atoms with Gasteiger partial charge in [-0.2, -0.15) is 0 Å². The van der Waals surface area contributed by atoms with Gasteiger partial charge in [-0.25, -0.2) is 9.97 Å². The van der Waals surface area contributed by atoms with E-state index in [1.165, 1.54) is 0 Å². The van der Waals surface area contributed by atoms with E-state index in [2.05, 4.69) is 15.3 Å². The minimum absolute atomic E-state index is 0.381. The third-order valence-electron chi connectivity index (χ3n) is 3.95. The third-order valence-corrected chi connectivity index (χ3v) is 3.95. The van der Waals surface area contributed by atoms with Gasteiger partial charge in [-0.05, 0) is 17.7 Å². The average Bonchev–Trinajstić information content (AvgIpc) is 2.66. The zero-order valence-electron chi connectivity index (χ0n) is 13.1. The third kappa shape index (κ3) is 2.83. The molecule has 0 spiro atoms. The summed E-state index contributed by atoms with van der Waals surface area (Å²) in [6.45, 7) is 0. The molecule has 4 rings (SSSR count). The first-order chi connectivity index (χ1) is 12.2. The van der Waals surface area contributed by atoms with Crippen LogP contribution < -0.4 is 5.32 Å². The van der Waals surface area contributed by atoms with E-state index in [-0.39, 0.29) is 5.91 Å². The van der Waals surface area contributed by atoms with Gasteiger partial charge in [-0.15, -0.1) is 0 Å². The fourth-order valence-corrected chi connectivity index (χ4v) is 2.73. The maximum absolute atomic E-state index is 12.2. The Hall–Kier alpha value is -3.60. The Labute approximate surface area is 144 Å². The number of hydrogen-bond donors (Lipinski definition) is 1. The number of rotatable bonds is 2. The van der Waals surface area contributed by atoms with Gasteiger partial charge in [0, 0.05) is 34.7 Å². The fourth-order valence-electron chi connectivity index (χ4n) is 2.73. The van der Waals surface area contributed by atoms with Crippen LogP contribution in [0.15, 0.2) is 67.0 Å². The summed E-state index contributed by atoms with van der Waals surface area (Å²) in [5, 5.41) is 2.36. The Balaban J connectivity index is 1.72. The van der Waals surface area contributed by atoms with Crippen molar-refractivity contribution in [1.82, 2.24) is 15.3 Å². The number of carbonyl (C=O) groups is 2. The quantitative estimate of drug-likeness (QED) is 0.580. The summed E-state index contributed by atoms with van der Waals surface area (Å²) in [7, 11) is 0. The molecule has 2 amide bonds. The van der Waals surface area contributed by atoms with Crippen LogP contribution in [0.2, 0.25) is 0 Å². The molecule has 3 aromatic rings. The minimum atomic E-state index is -0.421. The lowest BCUT2D eigenvalue weighted by molar-refractivity contribution is -0.114. The summed E-state index contributed by atoms with van der Waals surface area (Å²) >= 11 is 0. The van der Waals surface area contributed by atoms with Crippen molar-refractivity contribution in [2.24, 2.45) is 0 Å². The van der Waals surface area contributed by atoms with Gasteiger partial charge in [-0.3, -0.25) is 14.9 Å². The molecule has 0 saturated heterocycles. The Bertz CT molecular complexity index is 993. The normalized spacial score (nSPS) is 15.0. The molecule has 0 aliphatic carbocycles. The maximum Gasteiger partial charge on any atom is 0.258 e. The van der Waals surface area contributed by atoms with Crippen LogP contribution >= 0.6 is 0 Å². The molecule has 5 heteroatoms. The summed E-state index contributed by atoms with van der Waals surface area (Å²) in [4.78, 5) is 32.8. The molecule has 0 radical (unpaired) electrons. The summed E-state index contributed by atoms with van der Waals surface area (Å²) in [5.41, 5.74) is 3.13. The van der Waals surface area contributed by atoms with Crippen molar-refractivity contribution >= 4 is 23.5 Å². The van der Waals surface area contributed by atoms with Crippen molar-refractivity contribution in [3.05, 3.63) is 83.7 Å². The van der Waals surface area contributed by atoms with Crippen LogP contribution in [-0.2, 0) is 4.79 Å². The zero-order valence-corrected chi connectivity index (χ0v) is 13.1. The monoisotopic (exact) mass is 327 g/mol. The van der Waals surface area contributed by atoms with E-state index < -0.39 is 5.91 Å². The first-order valence-corrected chi connectivity index (χ1v) is 7.76. The molecule has 1 N–H and O–H groups in total. The summed E-state index contributed by atoms with van der Waals surface area (Å²) in [6.07, 6.45) is 5.01. The highest BCUT2D eigenvalue weighted by Crippen LogP contribution is 2.26. The second-order valence-corrected chi connectivity index (χ2v) is 5.59. The van der Waals surface area contributed by atoms with Gasteiger partial charge in [0.15, 0.2) is 5.82 Å². The largest absolute Gasteiger partial charge is 0.288 e. The second-order valence-electron chi connectivity index (χ2n) is 5.59. The average molecular weight is 327 g/mol. The first kappa shape index (κ1) is 15.0. The van der Waals surface area contributed by atoms with Crippen molar-refractivity contribution in [3.63, 3.8) is 0 Å². The van der Waals surface area contributed by atoms with E-state index in [1.807, 2.05) is 30.3 Å². The van der Waals surface area contributed by atoms with E-state index in [9.17, 15) is 9.59 Å². The number of amides is 2. The van der Waals surface area contributed by atoms with Crippen LogP contribution in [0.4, 0.5) is 0 Å². The number of nitrogens with one attached hydrogen (secondary N) is 1. The lowest BCUT2D eigenvalue weighted by atomic mass is 9.94. The molecular formula is C20H13N3O2. The molecule has 0 fully saturated rings. The van der Waals surface area contributed by atoms with E-state index >= 15 is 0 Å². The summed E-state index contributed by atoms with van der Waals surface area (Å²) in [6, 6.07) is 16.7. The molecule has 0 atom stereocenters. The molecule has 1 aromatic heterocycles. The number of benzene rings is 2. The van der Waals surface area contributed by atoms with Gasteiger partial charge in [0.1, 0.15) is 0 Å². The van der Waals surface area contributed by atoms with Crippen molar-refractivity contribution in [3.8, 4) is 11.4 Å². The molecule has 2 heterocycles. The standard InChI is InChI=1S/C20H13N3O2/c24-19-16-9-5-4-8-15(16)17(20(25)23-19)10-13-11-21-18(22-12-13)14-6-2-1-3-7-14/h1-12H,(H,23,24,25)/b17-10+. The maximum atomic E-state index is 12.2. The number of carbonyl (C=O) groups excluding carboxylic acids is 2. The molecule has 0 saturated carbocycles. The van der Waals surface area contributed by atoms with Crippen LogP contribution in [0.3, 0.4) is 0 Å². The Morgan fingerprint density at radius 2 is 1.40 bits per heavy atom. The molecule has 5 nitrogen and oxygen atoms in total. The van der Waals surface area contributed by atoms with Crippen LogP contribution in [0.25, 0.3) is 23.0 Å². The molecule has 2 aromatic carbocycles. The Morgan fingerprint density at radius 1 is 0.760 bits per heavy atom. The molecule has 120 valence electrons. The Kier molecular flexibility index (Phi) is 3.67. The molecular weight excluding hydrogens is 314 g/mol. The van der Waals surface area contributed by atoms with Gasteiger partial charge >= 0.3 is 0 Å². The van der Waals surface area contributed by atoms with E-state index in [0.29, 0.717) is 28.1 Å². The number of hydrogen-bond acceptors (Lipinski definition) is 4. The highest BCUT2D eigenvalue weighted by molar-refractivity contribution is 6.33. The lowest BCUT2D eigenvalue weighted by Gasteiger charge is -2.17. The molecule has 25 heavy (non-hydrogen) atoms. The minimum Gasteiger partial charge on any atom is -0.288 e. The SMILES string of the molecule is O=C1NC(=O)c2ccccc2/C1=C\c1cnc(-c2ccccc2)nc1. The van der Waals surface area contributed by atoms with E-state index in [0.717, 1.165) is 5.56 Å². The zero-order chi connectivity index (χ0) is 17.2. The summed E-state index contributed by atoms with van der Waals surface area (Å²) in [5.74, 6) is -0.185. The molecule has 0 bridgehead atoms. The van der Waals surface area contributed by atoms with E-state index in [4.69, 9.17) is 0 Å². The van der Waals surface area contributed by atoms with Crippen LogP contribution in [0.5, 0.6) is 0 Å². The molecule has 1 aliphatic rings. The molecule has 0 unspecified atom stereocenters. The summed E-state index contributed by atoms with van der Waals surface area (Å²) < 4.78 is 0. The topological polar surface area (TPSA) is 72.0 Å². The number of aromatic nitrogens is 2. The van der Waals surface area contributed by atoms with Crippen molar-refractivity contribution in [2.75, 3.05) is 0 Å². The highest BCUT2D eigenvalue weighted by Gasteiger charge is 2.26. The van der Waals surface area contributed by atoms with E-state index in [1.54, 1.807) is 42.7 Å². The van der Waals surface area contributed by atoms with Crippen LogP contribution in [0, 0.1) is 0 Å². The van der Waals surface area contributed by atoms with Crippen LogP contribution in [-0.4, -0.2) is 21.8 Å². The predicted octanol–water partition coefficient (Wildman–Crippen LogP) is 2.95. The Morgan fingerprint density at radius 3 is 2.12 bits per heavy atom. The fraction of sp³-hybridized carbons (Fsp3) is 0. The van der Waals surface area contributed by atoms with Gasteiger partial charge in [0.2, 0.25) is 0 Å². The van der Waals surface area contributed by atoms with Crippen LogP contribution in [0.1, 0.15) is 21.5 Å². The van der Waals surface area contributed by atoms with Crippen molar-refractivity contribution in [2.45, 2.75) is 0 Å². The predicted molar refractivity (Wildman–Crippen MR) is 94.3 cm³/mol. The second kappa shape index (κ2) is 6.13.